The zero-order valence-electron chi connectivity index (χ0n) is 9.53. The lowest BCUT2D eigenvalue weighted by Gasteiger charge is -1.99. The van der Waals surface area contributed by atoms with E-state index in [9.17, 15) is 9.59 Å². The molecule has 0 aromatic heterocycles. The number of hydrogen-bond donors (Lipinski definition) is 1. The zero-order valence-corrected chi connectivity index (χ0v) is 9.53. The van der Waals surface area contributed by atoms with Gasteiger partial charge in [-0.3, -0.25) is 9.59 Å². The van der Waals surface area contributed by atoms with Crippen molar-refractivity contribution in [2.45, 2.75) is 13.3 Å². The monoisotopic (exact) mass is 231 g/mol. The fraction of sp³-hybridized carbons (Fsp3) is 0.231. The molecule has 1 amide bonds. The van der Waals surface area contributed by atoms with E-state index in [4.69, 9.17) is 4.74 Å². The molecule has 1 N–H and O–H groups in total. The highest BCUT2D eigenvalue weighted by atomic mass is 16.5. The molecule has 0 saturated heterocycles. The Morgan fingerprint density at radius 2 is 2.18 bits per heavy atom. The SMILES string of the molecule is CCOC(=O)CC=C1C(=O)Nc2ccccc21. The maximum absolute atomic E-state index is 11.7. The average molecular weight is 231 g/mol. The number of anilines is 1. The summed E-state index contributed by atoms with van der Waals surface area (Å²) < 4.78 is 4.81. The van der Waals surface area contributed by atoms with Crippen LogP contribution in [-0.2, 0) is 14.3 Å². The first-order valence-electron chi connectivity index (χ1n) is 5.49. The number of amides is 1. The minimum atomic E-state index is -0.322. The summed E-state index contributed by atoms with van der Waals surface area (Å²) in [6.45, 7) is 2.10. The lowest BCUT2D eigenvalue weighted by molar-refractivity contribution is -0.142. The van der Waals surface area contributed by atoms with Gasteiger partial charge in [-0.1, -0.05) is 24.3 Å². The van der Waals surface area contributed by atoms with E-state index in [1.165, 1.54) is 0 Å². The summed E-state index contributed by atoms with van der Waals surface area (Å²) in [5.74, 6) is -0.493. The number of nitrogens with one attached hydrogen (secondary N) is 1. The Bertz CT molecular complexity index is 491. The van der Waals surface area contributed by atoms with E-state index in [-0.39, 0.29) is 18.3 Å². The van der Waals surface area contributed by atoms with Crippen molar-refractivity contribution in [1.29, 1.82) is 0 Å². The summed E-state index contributed by atoms with van der Waals surface area (Å²) in [4.78, 5) is 22.9. The average Bonchev–Trinajstić information content (AvgIpc) is 2.62. The number of fused-ring (bicyclic) bond motifs is 1. The summed E-state index contributed by atoms with van der Waals surface area (Å²) in [6, 6.07) is 7.40. The Labute approximate surface area is 99.3 Å². The number of esters is 1. The van der Waals surface area contributed by atoms with Crippen molar-refractivity contribution in [1.82, 2.24) is 0 Å². The Hall–Kier alpha value is -2.10. The fourth-order valence-corrected chi connectivity index (χ4v) is 1.75. The zero-order chi connectivity index (χ0) is 12.3. The first kappa shape index (κ1) is 11.4. The predicted molar refractivity (Wildman–Crippen MR) is 64.3 cm³/mol. The van der Waals surface area contributed by atoms with E-state index in [0.29, 0.717) is 12.2 Å². The smallest absolute Gasteiger partial charge is 0.309 e. The van der Waals surface area contributed by atoms with Crippen LogP contribution in [0.2, 0.25) is 0 Å². The van der Waals surface area contributed by atoms with Gasteiger partial charge < -0.3 is 10.1 Å². The van der Waals surface area contributed by atoms with Gasteiger partial charge in [0, 0.05) is 16.8 Å². The number of rotatable bonds is 3. The van der Waals surface area contributed by atoms with Crippen LogP contribution >= 0.6 is 0 Å². The van der Waals surface area contributed by atoms with Gasteiger partial charge in [0.25, 0.3) is 5.91 Å². The Morgan fingerprint density at radius 3 is 2.94 bits per heavy atom. The van der Waals surface area contributed by atoms with Crippen molar-refractivity contribution in [3.05, 3.63) is 35.9 Å². The number of hydrogen-bond acceptors (Lipinski definition) is 3. The van der Waals surface area contributed by atoms with Gasteiger partial charge >= 0.3 is 5.97 Å². The van der Waals surface area contributed by atoms with Crippen molar-refractivity contribution in [2.75, 3.05) is 11.9 Å². The van der Waals surface area contributed by atoms with Crippen LogP contribution in [0.25, 0.3) is 5.57 Å². The van der Waals surface area contributed by atoms with Crippen LogP contribution in [0.15, 0.2) is 30.3 Å². The van der Waals surface area contributed by atoms with E-state index in [1.807, 2.05) is 24.3 Å². The number of para-hydroxylation sites is 1. The van der Waals surface area contributed by atoms with Crippen molar-refractivity contribution in [3.8, 4) is 0 Å². The molecule has 1 heterocycles. The van der Waals surface area contributed by atoms with Gasteiger partial charge in [0.15, 0.2) is 0 Å². The predicted octanol–water partition coefficient (Wildman–Crippen LogP) is 1.98. The second-order valence-corrected chi connectivity index (χ2v) is 3.63. The molecule has 4 nitrogen and oxygen atoms in total. The van der Waals surface area contributed by atoms with Crippen LogP contribution in [0.4, 0.5) is 5.69 Å². The molecule has 0 atom stereocenters. The third-order valence-corrected chi connectivity index (χ3v) is 2.49. The van der Waals surface area contributed by atoms with Crippen molar-refractivity contribution >= 4 is 23.1 Å². The molecule has 1 aromatic carbocycles. The number of ether oxygens (including phenoxy) is 1. The van der Waals surface area contributed by atoms with E-state index < -0.39 is 0 Å². The van der Waals surface area contributed by atoms with Gasteiger partial charge in [-0.05, 0) is 13.0 Å². The maximum atomic E-state index is 11.7. The molecule has 1 aliphatic rings. The van der Waals surface area contributed by atoms with Gasteiger partial charge in [-0.15, -0.1) is 0 Å². The lowest BCUT2D eigenvalue weighted by Crippen LogP contribution is -2.06. The van der Waals surface area contributed by atoms with E-state index in [1.54, 1.807) is 13.0 Å². The summed E-state index contributed by atoms with van der Waals surface area (Å²) in [5, 5.41) is 2.74. The third kappa shape index (κ3) is 2.36. The van der Waals surface area contributed by atoms with Crippen LogP contribution in [-0.4, -0.2) is 18.5 Å². The number of carbonyl (C=O) groups is 2. The molecular weight excluding hydrogens is 218 g/mol. The molecular formula is C13H13NO3. The minimum absolute atomic E-state index is 0.116. The second kappa shape index (κ2) is 4.82. The summed E-state index contributed by atoms with van der Waals surface area (Å²) in [7, 11) is 0. The molecule has 4 heteroatoms. The molecule has 1 aromatic rings. The Kier molecular flexibility index (Phi) is 3.23. The Balaban J connectivity index is 2.19. The van der Waals surface area contributed by atoms with Gasteiger partial charge in [-0.25, -0.2) is 0 Å². The Morgan fingerprint density at radius 1 is 1.41 bits per heavy atom. The van der Waals surface area contributed by atoms with E-state index in [2.05, 4.69) is 5.32 Å². The molecule has 0 radical (unpaired) electrons. The van der Waals surface area contributed by atoms with Crippen LogP contribution in [0.3, 0.4) is 0 Å². The van der Waals surface area contributed by atoms with Crippen molar-refractivity contribution < 1.29 is 14.3 Å². The summed E-state index contributed by atoms with van der Waals surface area (Å²) >= 11 is 0. The van der Waals surface area contributed by atoms with Crippen molar-refractivity contribution in [3.63, 3.8) is 0 Å². The highest BCUT2D eigenvalue weighted by Gasteiger charge is 2.23. The van der Waals surface area contributed by atoms with Gasteiger partial charge in [0.05, 0.1) is 13.0 Å². The second-order valence-electron chi connectivity index (χ2n) is 3.63. The topological polar surface area (TPSA) is 55.4 Å². The van der Waals surface area contributed by atoms with E-state index in [0.717, 1.165) is 11.3 Å². The fourth-order valence-electron chi connectivity index (χ4n) is 1.75. The maximum Gasteiger partial charge on any atom is 0.309 e. The molecule has 0 fully saturated rings. The molecule has 0 spiro atoms. The largest absolute Gasteiger partial charge is 0.466 e. The molecule has 0 aliphatic carbocycles. The van der Waals surface area contributed by atoms with E-state index >= 15 is 0 Å². The third-order valence-electron chi connectivity index (χ3n) is 2.49. The number of benzene rings is 1. The summed E-state index contributed by atoms with van der Waals surface area (Å²) in [5.41, 5.74) is 2.16. The van der Waals surface area contributed by atoms with Crippen LogP contribution < -0.4 is 5.32 Å². The standard InChI is InChI=1S/C13H13NO3/c1-2-17-12(15)8-7-10-9-5-3-4-6-11(9)14-13(10)16/h3-7H,2,8H2,1H3,(H,14,16). The minimum Gasteiger partial charge on any atom is -0.466 e. The van der Waals surface area contributed by atoms with Crippen LogP contribution in [0.5, 0.6) is 0 Å². The number of carbonyl (C=O) groups excluding carboxylic acids is 2. The first-order valence-corrected chi connectivity index (χ1v) is 5.49. The summed E-state index contributed by atoms with van der Waals surface area (Å²) in [6.07, 6.45) is 1.73. The normalized spacial score (nSPS) is 15.6. The molecule has 2 rings (SSSR count). The molecule has 1 aliphatic heterocycles. The molecule has 0 unspecified atom stereocenters. The molecule has 0 bridgehead atoms. The highest BCUT2D eigenvalue weighted by molar-refractivity contribution is 6.31. The van der Waals surface area contributed by atoms with Crippen molar-refractivity contribution in [2.24, 2.45) is 0 Å². The lowest BCUT2D eigenvalue weighted by atomic mass is 10.1. The van der Waals surface area contributed by atoms with Gasteiger partial charge in [0.1, 0.15) is 0 Å². The highest BCUT2D eigenvalue weighted by Crippen LogP contribution is 2.31. The molecule has 0 saturated carbocycles. The van der Waals surface area contributed by atoms with Crippen LogP contribution in [0, 0.1) is 0 Å². The molecule has 88 valence electrons. The quantitative estimate of drug-likeness (QED) is 0.639. The van der Waals surface area contributed by atoms with Gasteiger partial charge in [-0.2, -0.15) is 0 Å². The first-order chi connectivity index (χ1) is 8.22. The van der Waals surface area contributed by atoms with Crippen LogP contribution in [0.1, 0.15) is 18.9 Å². The van der Waals surface area contributed by atoms with Gasteiger partial charge in [0.2, 0.25) is 0 Å². The molecule has 17 heavy (non-hydrogen) atoms.